The molecule has 0 bridgehead atoms. The van der Waals surface area contributed by atoms with Gasteiger partial charge in [0.25, 0.3) is 0 Å². The molecular weight excluding hydrogens is 226 g/mol. The Morgan fingerprint density at radius 3 is 2.59 bits per heavy atom. The zero-order chi connectivity index (χ0) is 12.4. The second kappa shape index (κ2) is 4.32. The molecule has 0 atom stereocenters. The minimum Gasteiger partial charge on any atom is -0.384 e. The van der Waals surface area contributed by atoms with Crippen LogP contribution in [-0.4, -0.2) is 9.97 Å². The van der Waals surface area contributed by atoms with Gasteiger partial charge in [0, 0.05) is 12.1 Å². The van der Waals surface area contributed by atoms with Gasteiger partial charge in [0.15, 0.2) is 0 Å². The molecule has 6 heteroatoms. The summed E-state index contributed by atoms with van der Waals surface area (Å²) in [7, 11) is 0. The topological polar surface area (TPSA) is 63.8 Å². The summed E-state index contributed by atoms with van der Waals surface area (Å²) in [5, 5.41) is 2.63. The number of hydrogen-bond acceptors (Lipinski definition) is 4. The van der Waals surface area contributed by atoms with E-state index in [2.05, 4.69) is 15.3 Å². The first-order valence-corrected chi connectivity index (χ1v) is 4.86. The van der Waals surface area contributed by atoms with E-state index in [1.807, 2.05) is 0 Å². The molecule has 0 aliphatic carbocycles. The summed E-state index contributed by atoms with van der Waals surface area (Å²) in [6, 6.07) is 3.61. The standard InChI is InChI=1S/C11H10F2N4/c1-6-2-8(13)9(3-7(6)12)17-11-4-10(14)15-5-16-11/h2-5H,1H3,(H3,14,15,16,17). The third kappa shape index (κ3) is 2.47. The van der Waals surface area contributed by atoms with Crippen LogP contribution in [0.15, 0.2) is 24.5 Å². The molecule has 4 nitrogen and oxygen atoms in total. The lowest BCUT2D eigenvalue weighted by Gasteiger charge is -2.08. The fourth-order valence-electron chi connectivity index (χ4n) is 1.32. The van der Waals surface area contributed by atoms with E-state index in [1.54, 1.807) is 0 Å². The van der Waals surface area contributed by atoms with Crippen LogP contribution in [0, 0.1) is 18.6 Å². The molecule has 0 saturated heterocycles. The maximum atomic E-state index is 13.5. The number of nitrogens with zero attached hydrogens (tertiary/aromatic N) is 2. The summed E-state index contributed by atoms with van der Waals surface area (Å²) in [4.78, 5) is 7.53. The summed E-state index contributed by atoms with van der Waals surface area (Å²) in [5.41, 5.74) is 5.70. The van der Waals surface area contributed by atoms with Gasteiger partial charge in [-0.1, -0.05) is 0 Å². The normalized spacial score (nSPS) is 10.3. The Kier molecular flexibility index (Phi) is 2.86. The first-order chi connectivity index (χ1) is 8.06. The SMILES string of the molecule is Cc1cc(F)c(Nc2cc(N)ncn2)cc1F. The number of anilines is 3. The average molecular weight is 236 g/mol. The van der Waals surface area contributed by atoms with Crippen molar-refractivity contribution in [2.45, 2.75) is 6.92 Å². The zero-order valence-corrected chi connectivity index (χ0v) is 9.04. The lowest BCUT2D eigenvalue weighted by Crippen LogP contribution is -2.00. The molecule has 0 aliphatic rings. The number of benzene rings is 1. The fourth-order valence-corrected chi connectivity index (χ4v) is 1.32. The highest BCUT2D eigenvalue weighted by Gasteiger charge is 2.08. The van der Waals surface area contributed by atoms with Crippen molar-refractivity contribution >= 4 is 17.3 Å². The molecule has 17 heavy (non-hydrogen) atoms. The lowest BCUT2D eigenvalue weighted by molar-refractivity contribution is 0.595. The second-order valence-electron chi connectivity index (χ2n) is 3.53. The molecule has 3 N–H and O–H groups in total. The highest BCUT2D eigenvalue weighted by molar-refractivity contribution is 5.59. The maximum absolute atomic E-state index is 13.5. The first kappa shape index (κ1) is 11.3. The maximum Gasteiger partial charge on any atom is 0.147 e. The Hall–Kier alpha value is -2.24. The molecule has 0 radical (unpaired) electrons. The Balaban J connectivity index is 2.33. The van der Waals surface area contributed by atoms with Crippen molar-refractivity contribution in [3.63, 3.8) is 0 Å². The average Bonchev–Trinajstić information content (AvgIpc) is 2.26. The molecule has 2 aromatic rings. The van der Waals surface area contributed by atoms with E-state index < -0.39 is 11.6 Å². The Morgan fingerprint density at radius 2 is 1.88 bits per heavy atom. The van der Waals surface area contributed by atoms with Gasteiger partial charge in [0.2, 0.25) is 0 Å². The molecule has 0 saturated carbocycles. The van der Waals surface area contributed by atoms with E-state index >= 15 is 0 Å². The van der Waals surface area contributed by atoms with Crippen molar-refractivity contribution < 1.29 is 8.78 Å². The van der Waals surface area contributed by atoms with Crippen molar-refractivity contribution in [2.75, 3.05) is 11.1 Å². The molecule has 2 rings (SSSR count). The highest BCUT2D eigenvalue weighted by Crippen LogP contribution is 2.22. The van der Waals surface area contributed by atoms with Gasteiger partial charge in [-0.25, -0.2) is 18.7 Å². The van der Waals surface area contributed by atoms with Crippen molar-refractivity contribution in [1.82, 2.24) is 9.97 Å². The van der Waals surface area contributed by atoms with Crippen molar-refractivity contribution in [3.05, 3.63) is 41.7 Å². The number of nitrogens with one attached hydrogen (secondary N) is 1. The smallest absolute Gasteiger partial charge is 0.147 e. The number of nitrogens with two attached hydrogens (primary N) is 1. The number of aromatic nitrogens is 2. The predicted molar refractivity (Wildman–Crippen MR) is 60.8 cm³/mol. The Labute approximate surface area is 96.5 Å². The van der Waals surface area contributed by atoms with Crippen LogP contribution in [0.3, 0.4) is 0 Å². The summed E-state index contributed by atoms with van der Waals surface area (Å²) in [6.45, 7) is 1.49. The molecule has 1 aromatic carbocycles. The number of hydrogen-bond donors (Lipinski definition) is 2. The van der Waals surface area contributed by atoms with Gasteiger partial charge in [-0.2, -0.15) is 0 Å². The number of aryl methyl sites for hydroxylation is 1. The van der Waals surface area contributed by atoms with Crippen LogP contribution in [0.1, 0.15) is 5.56 Å². The van der Waals surface area contributed by atoms with E-state index in [4.69, 9.17) is 5.73 Å². The van der Waals surface area contributed by atoms with E-state index in [-0.39, 0.29) is 17.1 Å². The molecule has 0 fully saturated rings. The van der Waals surface area contributed by atoms with Crippen LogP contribution >= 0.6 is 0 Å². The van der Waals surface area contributed by atoms with E-state index in [9.17, 15) is 8.78 Å². The third-order valence-electron chi connectivity index (χ3n) is 2.20. The van der Waals surface area contributed by atoms with Gasteiger partial charge in [-0.3, -0.25) is 0 Å². The zero-order valence-electron chi connectivity index (χ0n) is 9.04. The van der Waals surface area contributed by atoms with Crippen molar-refractivity contribution in [3.8, 4) is 0 Å². The van der Waals surface area contributed by atoms with Gasteiger partial charge in [-0.05, 0) is 18.6 Å². The fraction of sp³-hybridized carbons (Fsp3) is 0.0909. The Morgan fingerprint density at radius 1 is 1.12 bits per heavy atom. The number of rotatable bonds is 2. The van der Waals surface area contributed by atoms with Crippen molar-refractivity contribution in [2.24, 2.45) is 0 Å². The predicted octanol–water partition coefficient (Wildman–Crippen LogP) is 2.39. The summed E-state index contributed by atoms with van der Waals surface area (Å²) in [6.07, 6.45) is 1.24. The minimum atomic E-state index is -0.555. The number of nitrogen functional groups attached to an aromatic ring is 1. The minimum absolute atomic E-state index is 0.00574. The quantitative estimate of drug-likeness (QED) is 0.840. The Bertz CT molecular complexity index is 557. The molecular formula is C11H10F2N4. The van der Waals surface area contributed by atoms with Crippen LogP contribution in [0.2, 0.25) is 0 Å². The van der Waals surface area contributed by atoms with E-state index in [1.165, 1.54) is 19.3 Å². The number of halogens is 2. The van der Waals surface area contributed by atoms with Crippen LogP contribution < -0.4 is 11.1 Å². The van der Waals surface area contributed by atoms with Gasteiger partial charge in [0.1, 0.15) is 29.6 Å². The van der Waals surface area contributed by atoms with Crippen LogP contribution in [0.25, 0.3) is 0 Å². The molecule has 0 unspecified atom stereocenters. The molecule has 0 spiro atoms. The lowest BCUT2D eigenvalue weighted by atomic mass is 10.2. The molecule has 1 aromatic heterocycles. The molecule has 0 amide bonds. The van der Waals surface area contributed by atoms with Crippen LogP contribution in [0.4, 0.5) is 26.1 Å². The van der Waals surface area contributed by atoms with Crippen LogP contribution in [0.5, 0.6) is 0 Å². The van der Waals surface area contributed by atoms with Gasteiger partial charge >= 0.3 is 0 Å². The summed E-state index contributed by atoms with van der Waals surface area (Å²) in [5.74, 6) is -0.493. The monoisotopic (exact) mass is 236 g/mol. The molecule has 1 heterocycles. The van der Waals surface area contributed by atoms with Gasteiger partial charge in [-0.15, -0.1) is 0 Å². The molecule has 88 valence electrons. The van der Waals surface area contributed by atoms with Crippen LogP contribution in [-0.2, 0) is 0 Å². The largest absolute Gasteiger partial charge is 0.384 e. The first-order valence-electron chi connectivity index (χ1n) is 4.86. The van der Waals surface area contributed by atoms with Gasteiger partial charge < -0.3 is 11.1 Å². The van der Waals surface area contributed by atoms with Gasteiger partial charge in [0.05, 0.1) is 5.69 Å². The van der Waals surface area contributed by atoms with E-state index in [0.717, 1.165) is 12.1 Å². The highest BCUT2D eigenvalue weighted by atomic mass is 19.1. The second-order valence-corrected chi connectivity index (χ2v) is 3.53. The third-order valence-corrected chi connectivity index (χ3v) is 2.20. The molecule has 0 aliphatic heterocycles. The summed E-state index contributed by atoms with van der Waals surface area (Å²) >= 11 is 0. The van der Waals surface area contributed by atoms with E-state index in [0.29, 0.717) is 5.82 Å². The van der Waals surface area contributed by atoms with Crippen molar-refractivity contribution in [1.29, 1.82) is 0 Å². The summed E-state index contributed by atoms with van der Waals surface area (Å²) < 4.78 is 26.8.